The maximum Gasteiger partial charge on any atom is 0.244 e. The SMILES string of the molecule is COC[C@H]1CN(c2ccccc2S(=O)(=O)N(C)C)CCO1. The summed E-state index contributed by atoms with van der Waals surface area (Å²) in [7, 11) is 1.25. The first-order valence-electron chi connectivity index (χ1n) is 6.84. The highest BCUT2D eigenvalue weighted by Crippen LogP contribution is 2.28. The van der Waals surface area contributed by atoms with Crippen LogP contribution in [0.1, 0.15) is 0 Å². The van der Waals surface area contributed by atoms with Gasteiger partial charge in [0.2, 0.25) is 10.0 Å². The molecular weight excluding hydrogens is 292 g/mol. The van der Waals surface area contributed by atoms with Crippen molar-refractivity contribution in [2.75, 3.05) is 52.4 Å². The van der Waals surface area contributed by atoms with E-state index in [2.05, 4.69) is 0 Å². The molecule has 0 aromatic heterocycles. The molecule has 0 amide bonds. The van der Waals surface area contributed by atoms with Crippen LogP contribution in [0.2, 0.25) is 0 Å². The third-order valence-corrected chi connectivity index (χ3v) is 5.32. The van der Waals surface area contributed by atoms with E-state index in [1.165, 1.54) is 4.31 Å². The molecule has 0 spiro atoms. The minimum atomic E-state index is -3.47. The molecule has 1 fully saturated rings. The lowest BCUT2D eigenvalue weighted by atomic mass is 10.2. The minimum absolute atomic E-state index is 0.0427. The highest BCUT2D eigenvalue weighted by molar-refractivity contribution is 7.89. The van der Waals surface area contributed by atoms with Gasteiger partial charge in [-0.3, -0.25) is 0 Å². The number of rotatable bonds is 5. The summed E-state index contributed by atoms with van der Waals surface area (Å²) in [5.41, 5.74) is 0.718. The number of morpholine rings is 1. The first kappa shape index (κ1) is 16.2. The number of hydrogen-bond donors (Lipinski definition) is 0. The van der Waals surface area contributed by atoms with Crippen LogP contribution in [0.5, 0.6) is 0 Å². The molecule has 2 rings (SSSR count). The molecule has 0 saturated carbocycles. The summed E-state index contributed by atoms with van der Waals surface area (Å²) in [4.78, 5) is 2.37. The molecule has 1 aromatic carbocycles. The van der Waals surface area contributed by atoms with Gasteiger partial charge in [-0.2, -0.15) is 0 Å². The van der Waals surface area contributed by atoms with E-state index in [9.17, 15) is 8.42 Å². The van der Waals surface area contributed by atoms with Crippen molar-refractivity contribution in [2.45, 2.75) is 11.0 Å². The molecule has 0 radical (unpaired) electrons. The Kier molecular flexibility index (Phi) is 5.21. The Morgan fingerprint density at radius 3 is 2.76 bits per heavy atom. The molecule has 21 heavy (non-hydrogen) atoms. The zero-order valence-electron chi connectivity index (χ0n) is 12.7. The smallest absolute Gasteiger partial charge is 0.244 e. The second kappa shape index (κ2) is 6.74. The summed E-state index contributed by atoms with van der Waals surface area (Å²) in [6.07, 6.45) is -0.0427. The maximum atomic E-state index is 12.4. The van der Waals surface area contributed by atoms with E-state index in [1.54, 1.807) is 33.3 Å². The first-order chi connectivity index (χ1) is 9.96. The number of benzene rings is 1. The fourth-order valence-corrected chi connectivity index (χ4v) is 3.46. The summed E-state index contributed by atoms with van der Waals surface area (Å²) in [5.74, 6) is 0. The van der Waals surface area contributed by atoms with Crippen molar-refractivity contribution in [2.24, 2.45) is 0 Å². The molecule has 0 unspecified atom stereocenters. The van der Waals surface area contributed by atoms with Crippen molar-refractivity contribution in [1.29, 1.82) is 0 Å². The summed E-state index contributed by atoms with van der Waals surface area (Å²) < 4.78 is 36.9. The van der Waals surface area contributed by atoms with Gasteiger partial charge in [0.15, 0.2) is 0 Å². The molecular formula is C14H22N2O4S. The molecule has 6 nitrogen and oxygen atoms in total. The van der Waals surface area contributed by atoms with Gasteiger partial charge in [-0.15, -0.1) is 0 Å². The van der Waals surface area contributed by atoms with Gasteiger partial charge in [0, 0.05) is 34.3 Å². The second-order valence-corrected chi connectivity index (χ2v) is 7.27. The topological polar surface area (TPSA) is 59.1 Å². The number of nitrogens with zero attached hydrogens (tertiary/aromatic N) is 2. The Morgan fingerprint density at radius 1 is 1.38 bits per heavy atom. The molecule has 1 atom stereocenters. The number of anilines is 1. The fourth-order valence-electron chi connectivity index (χ4n) is 2.36. The quantitative estimate of drug-likeness (QED) is 0.804. The number of ether oxygens (including phenoxy) is 2. The normalized spacial score (nSPS) is 20.0. The number of methoxy groups -OCH3 is 1. The highest BCUT2D eigenvalue weighted by atomic mass is 32.2. The lowest BCUT2D eigenvalue weighted by Crippen LogP contribution is -2.45. The zero-order chi connectivity index (χ0) is 15.5. The van der Waals surface area contributed by atoms with Gasteiger partial charge in [0.25, 0.3) is 0 Å². The average molecular weight is 314 g/mol. The molecule has 0 aliphatic carbocycles. The van der Waals surface area contributed by atoms with Gasteiger partial charge in [0.05, 0.1) is 25.0 Å². The maximum absolute atomic E-state index is 12.4. The molecule has 7 heteroatoms. The number of para-hydroxylation sites is 1. The molecule has 1 aliphatic heterocycles. The molecule has 0 N–H and O–H groups in total. The van der Waals surface area contributed by atoms with Crippen LogP contribution in [0, 0.1) is 0 Å². The van der Waals surface area contributed by atoms with Crippen LogP contribution in [-0.4, -0.2) is 66.3 Å². The van der Waals surface area contributed by atoms with E-state index in [1.807, 2.05) is 17.0 Å². The zero-order valence-corrected chi connectivity index (χ0v) is 13.5. The van der Waals surface area contributed by atoms with Crippen molar-refractivity contribution in [3.8, 4) is 0 Å². The van der Waals surface area contributed by atoms with E-state index in [4.69, 9.17) is 9.47 Å². The Balaban J connectivity index is 2.32. The summed E-state index contributed by atoms with van der Waals surface area (Å²) in [6, 6.07) is 7.08. The third kappa shape index (κ3) is 3.55. The highest BCUT2D eigenvalue weighted by Gasteiger charge is 2.27. The minimum Gasteiger partial charge on any atom is -0.382 e. The summed E-state index contributed by atoms with van der Waals surface area (Å²) in [6.45, 7) is 2.34. The lowest BCUT2D eigenvalue weighted by Gasteiger charge is -2.35. The fraction of sp³-hybridized carbons (Fsp3) is 0.571. The Morgan fingerprint density at radius 2 is 2.10 bits per heavy atom. The van der Waals surface area contributed by atoms with Gasteiger partial charge in [-0.25, -0.2) is 12.7 Å². The van der Waals surface area contributed by atoms with Crippen LogP contribution >= 0.6 is 0 Å². The number of sulfonamides is 1. The lowest BCUT2D eigenvalue weighted by molar-refractivity contribution is -0.0101. The Hall–Kier alpha value is -1.15. The first-order valence-corrected chi connectivity index (χ1v) is 8.28. The van der Waals surface area contributed by atoms with E-state index in [-0.39, 0.29) is 6.10 Å². The Bertz CT molecular complexity index is 572. The van der Waals surface area contributed by atoms with Crippen molar-refractivity contribution in [1.82, 2.24) is 4.31 Å². The largest absolute Gasteiger partial charge is 0.382 e. The van der Waals surface area contributed by atoms with E-state index >= 15 is 0 Å². The standard InChI is InChI=1S/C14H22N2O4S/c1-15(2)21(17,18)14-7-5-4-6-13(14)16-8-9-20-12(10-16)11-19-3/h4-7,12H,8-11H2,1-3H3/t12-/m1/s1. The van der Waals surface area contributed by atoms with Crippen LogP contribution in [0.15, 0.2) is 29.2 Å². The van der Waals surface area contributed by atoms with Crippen LogP contribution < -0.4 is 4.90 Å². The van der Waals surface area contributed by atoms with Crippen molar-refractivity contribution < 1.29 is 17.9 Å². The summed E-state index contributed by atoms with van der Waals surface area (Å²) >= 11 is 0. The van der Waals surface area contributed by atoms with E-state index in [0.29, 0.717) is 31.2 Å². The molecule has 1 aliphatic rings. The van der Waals surface area contributed by atoms with Gasteiger partial charge in [-0.1, -0.05) is 12.1 Å². The van der Waals surface area contributed by atoms with Gasteiger partial charge in [0.1, 0.15) is 4.90 Å². The predicted molar refractivity (Wildman–Crippen MR) is 81.1 cm³/mol. The van der Waals surface area contributed by atoms with Gasteiger partial charge >= 0.3 is 0 Å². The monoisotopic (exact) mass is 314 g/mol. The van der Waals surface area contributed by atoms with Gasteiger partial charge < -0.3 is 14.4 Å². The molecule has 0 bridgehead atoms. The third-order valence-electron chi connectivity index (χ3n) is 3.46. The van der Waals surface area contributed by atoms with E-state index in [0.717, 1.165) is 5.69 Å². The number of hydrogen-bond acceptors (Lipinski definition) is 5. The predicted octanol–water partition coefficient (Wildman–Crippen LogP) is 0.788. The van der Waals surface area contributed by atoms with Crippen LogP contribution in [-0.2, 0) is 19.5 Å². The second-order valence-electron chi connectivity index (χ2n) is 5.15. The van der Waals surface area contributed by atoms with E-state index < -0.39 is 10.0 Å². The average Bonchev–Trinajstić information content (AvgIpc) is 2.48. The Labute approximate surface area is 126 Å². The molecule has 1 heterocycles. The molecule has 1 aromatic rings. The summed E-state index contributed by atoms with van der Waals surface area (Å²) in [5, 5.41) is 0. The van der Waals surface area contributed by atoms with Crippen molar-refractivity contribution in [3.63, 3.8) is 0 Å². The van der Waals surface area contributed by atoms with Gasteiger partial charge in [-0.05, 0) is 12.1 Å². The van der Waals surface area contributed by atoms with Crippen LogP contribution in [0.4, 0.5) is 5.69 Å². The van der Waals surface area contributed by atoms with Crippen molar-refractivity contribution >= 4 is 15.7 Å². The van der Waals surface area contributed by atoms with Crippen LogP contribution in [0.3, 0.4) is 0 Å². The molecule has 118 valence electrons. The van der Waals surface area contributed by atoms with Crippen molar-refractivity contribution in [3.05, 3.63) is 24.3 Å². The molecule has 1 saturated heterocycles. The van der Waals surface area contributed by atoms with Crippen LogP contribution in [0.25, 0.3) is 0 Å².